The number of piperidine rings is 1. The van der Waals surface area contributed by atoms with Crippen LogP contribution in [0.25, 0.3) is 0 Å². The van der Waals surface area contributed by atoms with E-state index in [0.717, 1.165) is 62.4 Å². The average molecular weight is 333 g/mol. The molecule has 1 aromatic rings. The van der Waals surface area contributed by atoms with Crippen LogP contribution in [0.5, 0.6) is 11.5 Å². The fraction of sp³-hybridized carbons (Fsp3) is 0.632. The Morgan fingerprint density at radius 2 is 1.67 bits per heavy atom. The van der Waals surface area contributed by atoms with E-state index in [1.54, 1.807) is 14.2 Å². The Bertz CT molecular complexity index is 540. The number of likely N-dealkylation sites (tertiary alicyclic amines) is 1. The molecular weight excluding hydrogens is 306 g/mol. The minimum absolute atomic E-state index is 0.334. The molecule has 1 aliphatic carbocycles. The number of hydrogen-bond donors (Lipinski definition) is 0. The van der Waals surface area contributed by atoms with Crippen LogP contribution in [0.2, 0.25) is 0 Å². The van der Waals surface area contributed by atoms with Crippen molar-refractivity contribution in [2.75, 3.05) is 33.9 Å². The van der Waals surface area contributed by atoms with Gasteiger partial charge in [-0.15, -0.1) is 0 Å². The summed E-state index contributed by atoms with van der Waals surface area (Å²) in [6.07, 6.45) is 4.26. The summed E-state index contributed by atoms with van der Waals surface area (Å²) < 4.78 is 16.5. The van der Waals surface area contributed by atoms with Gasteiger partial charge in [0.25, 0.3) is 0 Å². The molecule has 3 rings (SSSR count). The van der Waals surface area contributed by atoms with Gasteiger partial charge in [0.1, 0.15) is 11.5 Å². The minimum Gasteiger partial charge on any atom is -0.497 e. The van der Waals surface area contributed by atoms with Gasteiger partial charge in [-0.3, -0.25) is 4.79 Å². The number of hydrogen-bond acceptors (Lipinski definition) is 4. The van der Waals surface area contributed by atoms with Gasteiger partial charge < -0.3 is 19.1 Å². The van der Waals surface area contributed by atoms with Gasteiger partial charge in [-0.05, 0) is 49.3 Å². The van der Waals surface area contributed by atoms with Crippen molar-refractivity contribution in [3.8, 4) is 11.5 Å². The second-order valence-corrected chi connectivity index (χ2v) is 6.78. The summed E-state index contributed by atoms with van der Waals surface area (Å²) >= 11 is 0. The van der Waals surface area contributed by atoms with Gasteiger partial charge in [0, 0.05) is 31.7 Å². The molecular formula is C19H27NO4. The standard InChI is InChI=1S/C19H27NO4/c1-22-17-9-15(10-18(11-17)23-2)13-24-12-14-5-7-20(8-6-14)19(21)16-3-4-16/h9-11,14,16H,3-8,12-13H2,1-2H3. The van der Waals surface area contributed by atoms with Crippen molar-refractivity contribution in [2.24, 2.45) is 11.8 Å². The third-order valence-electron chi connectivity index (χ3n) is 4.89. The van der Waals surface area contributed by atoms with E-state index in [9.17, 15) is 4.79 Å². The molecule has 1 saturated heterocycles. The Morgan fingerprint density at radius 3 is 2.21 bits per heavy atom. The molecule has 0 aromatic heterocycles. The zero-order valence-corrected chi connectivity index (χ0v) is 14.6. The molecule has 0 unspecified atom stereocenters. The number of methoxy groups -OCH3 is 2. The SMILES string of the molecule is COc1cc(COCC2CCN(C(=O)C3CC3)CC2)cc(OC)c1. The van der Waals surface area contributed by atoms with Gasteiger partial charge in [-0.25, -0.2) is 0 Å². The highest BCUT2D eigenvalue weighted by Crippen LogP contribution is 2.32. The molecule has 0 spiro atoms. The quantitative estimate of drug-likeness (QED) is 0.770. The van der Waals surface area contributed by atoms with Crippen molar-refractivity contribution in [3.05, 3.63) is 23.8 Å². The average Bonchev–Trinajstić information content (AvgIpc) is 3.46. The molecule has 1 saturated carbocycles. The van der Waals surface area contributed by atoms with Crippen LogP contribution < -0.4 is 9.47 Å². The Hall–Kier alpha value is -1.75. The topological polar surface area (TPSA) is 48.0 Å². The Labute approximate surface area is 143 Å². The molecule has 2 aliphatic rings. The maximum atomic E-state index is 12.1. The number of amides is 1. The third kappa shape index (κ3) is 4.41. The van der Waals surface area contributed by atoms with Crippen LogP contribution in [0.3, 0.4) is 0 Å². The lowest BCUT2D eigenvalue weighted by Crippen LogP contribution is -2.40. The fourth-order valence-corrected chi connectivity index (χ4v) is 3.20. The van der Waals surface area contributed by atoms with E-state index < -0.39 is 0 Å². The van der Waals surface area contributed by atoms with E-state index in [0.29, 0.717) is 24.3 Å². The molecule has 1 heterocycles. The summed E-state index contributed by atoms with van der Waals surface area (Å²) in [5, 5.41) is 0. The predicted molar refractivity (Wildman–Crippen MR) is 91.2 cm³/mol. The van der Waals surface area contributed by atoms with Crippen molar-refractivity contribution in [1.82, 2.24) is 4.90 Å². The molecule has 0 radical (unpaired) electrons. The lowest BCUT2D eigenvalue weighted by Gasteiger charge is -2.32. The zero-order valence-electron chi connectivity index (χ0n) is 14.6. The Morgan fingerprint density at radius 1 is 1.04 bits per heavy atom. The number of benzene rings is 1. The summed E-state index contributed by atoms with van der Waals surface area (Å²) in [6.45, 7) is 3.06. The van der Waals surface area contributed by atoms with Gasteiger partial charge in [0.2, 0.25) is 5.91 Å². The number of ether oxygens (including phenoxy) is 3. The molecule has 0 N–H and O–H groups in total. The number of nitrogens with zero attached hydrogens (tertiary/aromatic N) is 1. The molecule has 1 amide bonds. The number of carbonyl (C=O) groups is 1. The van der Waals surface area contributed by atoms with Crippen LogP contribution in [-0.4, -0.2) is 44.7 Å². The van der Waals surface area contributed by atoms with Gasteiger partial charge >= 0.3 is 0 Å². The molecule has 24 heavy (non-hydrogen) atoms. The lowest BCUT2D eigenvalue weighted by molar-refractivity contribution is -0.134. The highest BCUT2D eigenvalue weighted by molar-refractivity contribution is 5.81. The van der Waals surface area contributed by atoms with Gasteiger partial charge in [-0.2, -0.15) is 0 Å². The van der Waals surface area contributed by atoms with E-state index in [1.807, 2.05) is 23.1 Å². The van der Waals surface area contributed by atoms with Crippen molar-refractivity contribution in [1.29, 1.82) is 0 Å². The van der Waals surface area contributed by atoms with Gasteiger partial charge in [-0.1, -0.05) is 0 Å². The molecule has 1 aromatic carbocycles. The van der Waals surface area contributed by atoms with Crippen molar-refractivity contribution in [2.45, 2.75) is 32.3 Å². The summed E-state index contributed by atoms with van der Waals surface area (Å²) in [5.74, 6) is 2.80. The number of carbonyl (C=O) groups excluding carboxylic acids is 1. The first-order valence-corrected chi connectivity index (χ1v) is 8.78. The molecule has 2 fully saturated rings. The van der Waals surface area contributed by atoms with Crippen molar-refractivity contribution < 1.29 is 19.0 Å². The van der Waals surface area contributed by atoms with Crippen molar-refractivity contribution >= 4 is 5.91 Å². The largest absolute Gasteiger partial charge is 0.497 e. The first-order chi connectivity index (χ1) is 11.7. The second-order valence-electron chi connectivity index (χ2n) is 6.78. The molecule has 0 bridgehead atoms. The summed E-state index contributed by atoms with van der Waals surface area (Å²) in [6, 6.07) is 5.80. The summed E-state index contributed by atoms with van der Waals surface area (Å²) in [4.78, 5) is 14.1. The lowest BCUT2D eigenvalue weighted by atomic mass is 9.97. The van der Waals surface area contributed by atoms with Crippen LogP contribution in [0, 0.1) is 11.8 Å². The highest BCUT2D eigenvalue weighted by Gasteiger charge is 2.34. The first-order valence-electron chi connectivity index (χ1n) is 8.78. The summed E-state index contributed by atoms with van der Waals surface area (Å²) in [5.41, 5.74) is 1.05. The van der Waals surface area contributed by atoms with Gasteiger partial charge in [0.15, 0.2) is 0 Å². The molecule has 5 nitrogen and oxygen atoms in total. The Balaban J connectivity index is 1.41. The van der Waals surface area contributed by atoms with E-state index in [1.165, 1.54) is 0 Å². The molecule has 1 aliphatic heterocycles. The van der Waals surface area contributed by atoms with E-state index >= 15 is 0 Å². The van der Waals surface area contributed by atoms with Crippen LogP contribution in [-0.2, 0) is 16.1 Å². The van der Waals surface area contributed by atoms with Crippen LogP contribution >= 0.6 is 0 Å². The predicted octanol–water partition coefficient (Wildman–Crippen LogP) is 2.87. The van der Waals surface area contributed by atoms with Crippen LogP contribution in [0.1, 0.15) is 31.2 Å². The smallest absolute Gasteiger partial charge is 0.225 e. The van der Waals surface area contributed by atoms with E-state index in [2.05, 4.69) is 0 Å². The molecule has 132 valence electrons. The number of rotatable bonds is 7. The van der Waals surface area contributed by atoms with E-state index in [4.69, 9.17) is 14.2 Å². The molecule has 0 atom stereocenters. The van der Waals surface area contributed by atoms with Crippen LogP contribution in [0.4, 0.5) is 0 Å². The Kier molecular flexibility index (Phi) is 5.61. The normalized spacial score (nSPS) is 18.5. The van der Waals surface area contributed by atoms with Crippen molar-refractivity contribution in [3.63, 3.8) is 0 Å². The maximum absolute atomic E-state index is 12.1. The zero-order chi connectivity index (χ0) is 16.9. The van der Waals surface area contributed by atoms with Crippen LogP contribution in [0.15, 0.2) is 18.2 Å². The van der Waals surface area contributed by atoms with E-state index in [-0.39, 0.29) is 0 Å². The fourth-order valence-electron chi connectivity index (χ4n) is 3.20. The maximum Gasteiger partial charge on any atom is 0.225 e. The highest BCUT2D eigenvalue weighted by atomic mass is 16.5. The third-order valence-corrected chi connectivity index (χ3v) is 4.89. The molecule has 5 heteroatoms. The monoisotopic (exact) mass is 333 g/mol. The first kappa shape index (κ1) is 17.1. The second kappa shape index (κ2) is 7.88. The minimum atomic E-state index is 0.334. The van der Waals surface area contributed by atoms with Gasteiger partial charge in [0.05, 0.1) is 20.8 Å². The summed E-state index contributed by atoms with van der Waals surface area (Å²) in [7, 11) is 3.30.